The minimum absolute atomic E-state index is 0.0152. The molecule has 3 amide bonds. The number of aromatic nitrogens is 1. The molecule has 1 unspecified atom stereocenters. The van der Waals surface area contributed by atoms with Gasteiger partial charge in [0.2, 0.25) is 17.7 Å². The molecule has 4 saturated carbocycles. The Bertz CT molecular complexity index is 1400. The molecule has 7 nitrogen and oxygen atoms in total. The van der Waals surface area contributed by atoms with Crippen molar-refractivity contribution in [3.05, 3.63) is 35.5 Å². The van der Waals surface area contributed by atoms with E-state index in [1.54, 1.807) is 0 Å². The number of fused-ring (bicyclic) bond motifs is 5. The molecule has 0 spiro atoms. The van der Waals surface area contributed by atoms with Crippen LogP contribution in [0.2, 0.25) is 0 Å². The Morgan fingerprint density at radius 3 is 2.26 bits per heavy atom. The smallest absolute Gasteiger partial charge is 0.228 e. The number of hydrogen-bond acceptors (Lipinski definition) is 3. The number of hydrogen-bond donors (Lipinski definition) is 2. The second kappa shape index (κ2) is 10.4. The van der Waals surface area contributed by atoms with E-state index in [0.717, 1.165) is 41.9 Å². The number of H-pyrrole nitrogens is 1. The summed E-state index contributed by atoms with van der Waals surface area (Å²) in [5.74, 6) is 1.64. The van der Waals surface area contributed by atoms with Crippen molar-refractivity contribution in [3.8, 4) is 0 Å². The van der Waals surface area contributed by atoms with Crippen molar-refractivity contribution in [1.29, 1.82) is 0 Å². The van der Waals surface area contributed by atoms with Crippen molar-refractivity contribution >= 4 is 28.6 Å². The standard InChI is InChI=1S/C36H50N4O3/c1-21(2)40(22(3)4)34(43)29-15-26(16-31(41)37-20-36-17-23-12-24(18-36)14-25(13-23)19-36)33(42)39-11-10-28-27-8-6-7-9-30(27)38-32(28)35(29,39)5/h6-9,21-26,29,38H,10-20H2,1-5H3,(H,37,41)/t23?,24?,25?,26?,29-,35+,36?/m1/s1. The minimum Gasteiger partial charge on any atom is -0.356 e. The van der Waals surface area contributed by atoms with Gasteiger partial charge < -0.3 is 20.1 Å². The molecular weight excluding hydrogens is 536 g/mol. The van der Waals surface area contributed by atoms with Gasteiger partial charge in [-0.25, -0.2) is 0 Å². The maximum absolute atomic E-state index is 14.6. The lowest BCUT2D eigenvalue weighted by Crippen LogP contribution is -2.65. The number of amides is 3. The Morgan fingerprint density at radius 1 is 1.00 bits per heavy atom. The van der Waals surface area contributed by atoms with Gasteiger partial charge in [0.1, 0.15) is 0 Å². The first kappa shape index (κ1) is 28.9. The Kier molecular flexibility index (Phi) is 6.98. The lowest BCUT2D eigenvalue weighted by molar-refractivity contribution is -0.166. The minimum atomic E-state index is -0.797. The summed E-state index contributed by atoms with van der Waals surface area (Å²) >= 11 is 0. The summed E-state index contributed by atoms with van der Waals surface area (Å²) in [5, 5.41) is 4.49. The average molecular weight is 587 g/mol. The molecule has 2 aromatic rings. The van der Waals surface area contributed by atoms with Crippen molar-refractivity contribution in [3.63, 3.8) is 0 Å². The second-order valence-corrected chi connectivity index (χ2v) is 15.7. The summed E-state index contributed by atoms with van der Waals surface area (Å²) in [6.07, 6.45) is 9.18. The van der Waals surface area contributed by atoms with Gasteiger partial charge in [-0.3, -0.25) is 14.4 Å². The van der Waals surface area contributed by atoms with E-state index in [1.807, 2.05) is 15.9 Å². The van der Waals surface area contributed by atoms with E-state index >= 15 is 0 Å². The number of aromatic amines is 1. The average Bonchev–Trinajstić information content (AvgIpc) is 3.32. The quantitative estimate of drug-likeness (QED) is 0.432. The zero-order valence-electron chi connectivity index (χ0n) is 26.7. The van der Waals surface area contributed by atoms with E-state index in [2.05, 4.69) is 63.1 Å². The molecule has 6 aliphatic rings. The molecule has 5 fully saturated rings. The Morgan fingerprint density at radius 2 is 1.63 bits per heavy atom. The van der Waals surface area contributed by atoms with Gasteiger partial charge in [0.15, 0.2) is 0 Å². The molecule has 1 saturated heterocycles. The summed E-state index contributed by atoms with van der Waals surface area (Å²) in [5.41, 5.74) is 2.71. The van der Waals surface area contributed by atoms with Crippen molar-refractivity contribution in [2.75, 3.05) is 13.1 Å². The van der Waals surface area contributed by atoms with Gasteiger partial charge in [0.25, 0.3) is 0 Å². The highest BCUT2D eigenvalue weighted by atomic mass is 16.2. The summed E-state index contributed by atoms with van der Waals surface area (Å²) in [6, 6.07) is 8.36. The van der Waals surface area contributed by atoms with Crippen LogP contribution in [-0.4, -0.2) is 57.7 Å². The maximum atomic E-state index is 14.6. The number of carbonyl (C=O) groups is 3. The van der Waals surface area contributed by atoms with Crippen LogP contribution in [-0.2, 0) is 26.3 Å². The number of para-hydroxylation sites is 1. The van der Waals surface area contributed by atoms with Gasteiger partial charge in [0.05, 0.1) is 11.5 Å². The molecule has 2 aliphatic heterocycles. The van der Waals surface area contributed by atoms with E-state index in [1.165, 1.54) is 49.5 Å². The van der Waals surface area contributed by atoms with Crippen LogP contribution >= 0.6 is 0 Å². The van der Waals surface area contributed by atoms with Crippen LogP contribution in [0.15, 0.2) is 24.3 Å². The molecule has 1 aromatic heterocycles. The van der Waals surface area contributed by atoms with E-state index in [-0.39, 0.29) is 41.6 Å². The molecule has 3 atom stereocenters. The van der Waals surface area contributed by atoms with Crippen molar-refractivity contribution in [2.24, 2.45) is 35.0 Å². The molecule has 0 radical (unpaired) electrons. The van der Waals surface area contributed by atoms with Crippen LogP contribution in [0.25, 0.3) is 10.9 Å². The first-order valence-corrected chi connectivity index (χ1v) is 17.0. The zero-order valence-corrected chi connectivity index (χ0v) is 26.7. The SMILES string of the molecule is CC(C)N(C(=O)[C@H]1CC(CC(=O)NCC23CC4CC(CC(C4)C2)C3)C(=O)N2CCc3c([nH]c4ccccc34)[C@]12C)C(C)C. The molecule has 8 rings (SSSR count). The van der Waals surface area contributed by atoms with Crippen molar-refractivity contribution in [1.82, 2.24) is 20.1 Å². The molecule has 3 heterocycles. The number of benzene rings is 1. The van der Waals surface area contributed by atoms with Gasteiger partial charge in [-0.15, -0.1) is 0 Å². The summed E-state index contributed by atoms with van der Waals surface area (Å²) < 4.78 is 0. The second-order valence-electron chi connectivity index (χ2n) is 15.7. The fourth-order valence-electron chi connectivity index (χ4n) is 10.9. The monoisotopic (exact) mass is 586 g/mol. The van der Waals surface area contributed by atoms with Gasteiger partial charge >= 0.3 is 0 Å². The largest absolute Gasteiger partial charge is 0.356 e. The van der Waals surface area contributed by atoms with E-state index in [9.17, 15) is 14.4 Å². The normalized spacial score (nSPS) is 34.5. The Labute approximate surface area is 256 Å². The highest BCUT2D eigenvalue weighted by Crippen LogP contribution is 2.59. The zero-order chi connectivity index (χ0) is 30.3. The molecule has 232 valence electrons. The number of nitrogens with zero attached hydrogens (tertiary/aromatic N) is 2. The lowest BCUT2D eigenvalue weighted by atomic mass is 9.49. The summed E-state index contributed by atoms with van der Waals surface area (Å²) in [7, 11) is 0. The van der Waals surface area contributed by atoms with E-state index in [4.69, 9.17) is 0 Å². The van der Waals surface area contributed by atoms with Crippen LogP contribution in [0.1, 0.15) is 97.2 Å². The van der Waals surface area contributed by atoms with Gasteiger partial charge in [-0.05, 0) is 121 Å². The third-order valence-electron chi connectivity index (χ3n) is 12.2. The number of nitrogens with one attached hydrogen (secondary N) is 2. The fourth-order valence-corrected chi connectivity index (χ4v) is 10.9. The van der Waals surface area contributed by atoms with Gasteiger partial charge in [0, 0.05) is 54.1 Å². The van der Waals surface area contributed by atoms with Gasteiger partial charge in [-0.1, -0.05) is 18.2 Å². The molecule has 1 aromatic carbocycles. The first-order chi connectivity index (χ1) is 20.5. The third-order valence-corrected chi connectivity index (χ3v) is 12.2. The van der Waals surface area contributed by atoms with Crippen LogP contribution in [0.4, 0.5) is 0 Å². The fraction of sp³-hybridized carbons (Fsp3) is 0.694. The van der Waals surface area contributed by atoms with Crippen LogP contribution < -0.4 is 5.32 Å². The molecule has 4 bridgehead atoms. The number of rotatable bonds is 7. The maximum Gasteiger partial charge on any atom is 0.228 e. The predicted molar refractivity (Wildman–Crippen MR) is 168 cm³/mol. The van der Waals surface area contributed by atoms with E-state index in [0.29, 0.717) is 13.0 Å². The molecule has 43 heavy (non-hydrogen) atoms. The van der Waals surface area contributed by atoms with Crippen LogP contribution in [0.5, 0.6) is 0 Å². The third kappa shape index (κ3) is 4.63. The van der Waals surface area contributed by atoms with E-state index < -0.39 is 17.4 Å². The summed E-state index contributed by atoms with van der Waals surface area (Å²) in [6.45, 7) is 11.7. The lowest BCUT2D eigenvalue weighted by Gasteiger charge is -2.57. The van der Waals surface area contributed by atoms with Crippen LogP contribution in [0.3, 0.4) is 0 Å². The molecule has 2 N–H and O–H groups in total. The van der Waals surface area contributed by atoms with Crippen LogP contribution in [0, 0.1) is 35.0 Å². The topological polar surface area (TPSA) is 85.5 Å². The highest BCUT2D eigenvalue weighted by molar-refractivity contribution is 5.93. The molecule has 7 heteroatoms. The predicted octanol–water partition coefficient (Wildman–Crippen LogP) is 5.77. The first-order valence-electron chi connectivity index (χ1n) is 17.0. The highest BCUT2D eigenvalue weighted by Gasteiger charge is 2.58. The molecular formula is C36H50N4O3. The summed E-state index contributed by atoms with van der Waals surface area (Å²) in [4.78, 5) is 50.0. The number of piperidine rings is 1. The van der Waals surface area contributed by atoms with Crippen molar-refractivity contribution < 1.29 is 14.4 Å². The number of carbonyl (C=O) groups excluding carboxylic acids is 3. The van der Waals surface area contributed by atoms with Crippen molar-refractivity contribution in [2.45, 2.75) is 110 Å². The Balaban J connectivity index is 1.16. The Hall–Kier alpha value is -2.83. The molecule has 4 aliphatic carbocycles. The van der Waals surface area contributed by atoms with Gasteiger partial charge in [-0.2, -0.15) is 0 Å².